The minimum absolute atomic E-state index is 0.568. The van der Waals surface area contributed by atoms with Crippen LogP contribution in [-0.2, 0) is 0 Å². The molecule has 1 aliphatic carbocycles. The highest BCUT2D eigenvalue weighted by Crippen LogP contribution is 2.39. The van der Waals surface area contributed by atoms with E-state index in [1.165, 1.54) is 57.3 Å². The Balaban J connectivity index is 1.47. The molecule has 0 spiro atoms. The van der Waals surface area contributed by atoms with Crippen LogP contribution in [0.3, 0.4) is 0 Å². The van der Waals surface area contributed by atoms with Gasteiger partial charge in [-0.2, -0.15) is 0 Å². The van der Waals surface area contributed by atoms with Crippen molar-refractivity contribution < 1.29 is 0 Å². The van der Waals surface area contributed by atoms with Gasteiger partial charge in [0, 0.05) is 31.2 Å². The summed E-state index contributed by atoms with van der Waals surface area (Å²) < 4.78 is 2.14. The molecule has 2 aliphatic rings. The van der Waals surface area contributed by atoms with Crippen LogP contribution in [0.4, 0.5) is 0 Å². The van der Waals surface area contributed by atoms with Crippen molar-refractivity contribution in [2.75, 3.05) is 13.1 Å². The Morgan fingerprint density at radius 3 is 2.43 bits per heavy atom. The fourth-order valence-corrected chi connectivity index (χ4v) is 3.38. The first-order valence-electron chi connectivity index (χ1n) is 8.79. The molecule has 118 valence electrons. The summed E-state index contributed by atoms with van der Waals surface area (Å²) in [6, 6.07) is 1.30. The zero-order chi connectivity index (χ0) is 14.8. The van der Waals surface area contributed by atoms with Crippen LogP contribution in [0.15, 0.2) is 6.20 Å². The maximum absolute atomic E-state index is 4.38. The highest BCUT2D eigenvalue weighted by Gasteiger charge is 2.29. The van der Waals surface area contributed by atoms with Crippen molar-refractivity contribution in [2.24, 2.45) is 5.92 Å². The lowest BCUT2D eigenvalue weighted by molar-refractivity contribution is 0.129. The number of rotatable bonds is 6. The Kier molecular flexibility index (Phi) is 4.63. The van der Waals surface area contributed by atoms with Crippen LogP contribution in [-0.4, -0.2) is 39.0 Å². The average molecular weight is 290 g/mol. The van der Waals surface area contributed by atoms with E-state index >= 15 is 0 Å². The third-order valence-corrected chi connectivity index (χ3v) is 5.18. The topological polar surface area (TPSA) is 34.0 Å². The second kappa shape index (κ2) is 6.47. The van der Waals surface area contributed by atoms with Crippen molar-refractivity contribution in [3.8, 4) is 0 Å². The van der Waals surface area contributed by atoms with Gasteiger partial charge in [-0.1, -0.05) is 19.1 Å². The van der Waals surface area contributed by atoms with Crippen LogP contribution in [0.25, 0.3) is 0 Å². The molecule has 4 nitrogen and oxygen atoms in total. The molecule has 0 unspecified atom stereocenters. The first kappa shape index (κ1) is 15.0. The van der Waals surface area contributed by atoms with E-state index in [9.17, 15) is 0 Å². The van der Waals surface area contributed by atoms with Gasteiger partial charge in [-0.15, -0.1) is 5.10 Å². The minimum Gasteiger partial charge on any atom is -0.301 e. The van der Waals surface area contributed by atoms with Crippen LogP contribution < -0.4 is 0 Å². The number of hydrogen-bond acceptors (Lipinski definition) is 3. The Morgan fingerprint density at radius 2 is 1.81 bits per heavy atom. The highest BCUT2D eigenvalue weighted by atomic mass is 15.4. The van der Waals surface area contributed by atoms with Crippen molar-refractivity contribution in [2.45, 2.75) is 77.3 Å². The summed E-state index contributed by atoms with van der Waals surface area (Å²) in [6.45, 7) is 9.46. The predicted octanol–water partition coefficient (Wildman–Crippen LogP) is 3.62. The molecular formula is C17H30N4. The van der Waals surface area contributed by atoms with Gasteiger partial charge in [-0.25, -0.2) is 4.68 Å². The predicted molar refractivity (Wildman–Crippen MR) is 85.4 cm³/mol. The van der Waals surface area contributed by atoms with Gasteiger partial charge in [-0.3, -0.25) is 0 Å². The second-order valence-corrected chi connectivity index (χ2v) is 7.49. The van der Waals surface area contributed by atoms with Crippen LogP contribution in [0, 0.1) is 5.92 Å². The maximum Gasteiger partial charge on any atom is 0.0858 e. The molecule has 0 radical (unpaired) electrons. The number of likely N-dealkylation sites (tertiary alicyclic amines) is 1. The largest absolute Gasteiger partial charge is 0.301 e. The molecular weight excluding hydrogens is 260 g/mol. The lowest BCUT2D eigenvalue weighted by Gasteiger charge is -2.36. The van der Waals surface area contributed by atoms with Gasteiger partial charge in [0.15, 0.2) is 0 Å². The summed E-state index contributed by atoms with van der Waals surface area (Å²) in [5.41, 5.74) is 1.22. The monoisotopic (exact) mass is 290 g/mol. The number of aromatic nitrogens is 3. The smallest absolute Gasteiger partial charge is 0.0858 e. The molecule has 0 aromatic carbocycles. The van der Waals surface area contributed by atoms with Crippen LogP contribution in [0.5, 0.6) is 0 Å². The fraction of sp³-hybridized carbons (Fsp3) is 0.882. The van der Waals surface area contributed by atoms with E-state index in [2.05, 4.69) is 46.9 Å². The lowest BCUT2D eigenvalue weighted by Crippen LogP contribution is -2.40. The maximum atomic E-state index is 4.38. The summed E-state index contributed by atoms with van der Waals surface area (Å²) in [7, 11) is 0. The first-order valence-corrected chi connectivity index (χ1v) is 8.79. The standard InChI is InChI=1S/C17H30N4/c1-13(2)4-5-14(3)20-10-8-16(9-11-20)21-12-17(18-19-21)15-6-7-15/h12-16H,4-11H2,1-3H3/t14-/m0/s1. The van der Waals surface area contributed by atoms with Crippen LogP contribution >= 0.6 is 0 Å². The van der Waals surface area contributed by atoms with E-state index in [-0.39, 0.29) is 0 Å². The Labute approximate surface area is 128 Å². The zero-order valence-corrected chi connectivity index (χ0v) is 13.8. The average Bonchev–Trinajstić information content (AvgIpc) is 3.22. The van der Waals surface area contributed by atoms with E-state index in [1.807, 2.05) is 0 Å². The Hall–Kier alpha value is -0.900. The summed E-state index contributed by atoms with van der Waals surface area (Å²) in [4.78, 5) is 2.66. The molecule has 21 heavy (non-hydrogen) atoms. The van der Waals surface area contributed by atoms with Gasteiger partial charge in [0.2, 0.25) is 0 Å². The van der Waals surface area contributed by atoms with E-state index in [0.717, 1.165) is 17.9 Å². The highest BCUT2D eigenvalue weighted by molar-refractivity contribution is 5.09. The second-order valence-electron chi connectivity index (χ2n) is 7.49. The van der Waals surface area contributed by atoms with Gasteiger partial charge in [0.25, 0.3) is 0 Å². The SMILES string of the molecule is CC(C)CC[C@H](C)N1CCC(n2cc(C3CC3)nn2)CC1. The molecule has 1 aliphatic heterocycles. The molecule has 0 N–H and O–H groups in total. The molecule has 1 aromatic heterocycles. The molecule has 1 atom stereocenters. The first-order chi connectivity index (χ1) is 10.1. The molecule has 1 saturated carbocycles. The molecule has 3 rings (SSSR count). The van der Waals surface area contributed by atoms with Gasteiger partial charge in [-0.05, 0) is 51.4 Å². The van der Waals surface area contributed by atoms with Gasteiger partial charge in [0.05, 0.1) is 11.7 Å². The van der Waals surface area contributed by atoms with Gasteiger partial charge < -0.3 is 4.90 Å². The number of piperidine rings is 1. The molecule has 0 bridgehead atoms. The van der Waals surface area contributed by atoms with E-state index in [0.29, 0.717) is 6.04 Å². The summed E-state index contributed by atoms with van der Waals surface area (Å²) >= 11 is 0. The molecule has 0 amide bonds. The molecule has 2 fully saturated rings. The van der Waals surface area contributed by atoms with Crippen molar-refractivity contribution in [1.29, 1.82) is 0 Å². The Morgan fingerprint density at radius 1 is 1.10 bits per heavy atom. The molecule has 1 saturated heterocycles. The van der Waals surface area contributed by atoms with Crippen molar-refractivity contribution >= 4 is 0 Å². The number of hydrogen-bond donors (Lipinski definition) is 0. The van der Waals surface area contributed by atoms with Crippen LogP contribution in [0.2, 0.25) is 0 Å². The summed E-state index contributed by atoms with van der Waals surface area (Å²) in [6.07, 6.45) is 9.95. The molecule has 2 heterocycles. The summed E-state index contributed by atoms with van der Waals surface area (Å²) in [5, 5.41) is 8.73. The normalized spacial score (nSPS) is 22.9. The van der Waals surface area contributed by atoms with Crippen molar-refractivity contribution in [3.05, 3.63) is 11.9 Å². The number of nitrogens with zero attached hydrogens (tertiary/aromatic N) is 4. The fourth-order valence-electron chi connectivity index (χ4n) is 3.38. The van der Waals surface area contributed by atoms with E-state index in [1.54, 1.807) is 0 Å². The third kappa shape index (κ3) is 3.85. The zero-order valence-electron chi connectivity index (χ0n) is 13.8. The van der Waals surface area contributed by atoms with Gasteiger partial charge >= 0.3 is 0 Å². The summed E-state index contributed by atoms with van der Waals surface area (Å²) in [5.74, 6) is 1.54. The third-order valence-electron chi connectivity index (χ3n) is 5.18. The lowest BCUT2D eigenvalue weighted by atomic mass is 9.99. The quantitative estimate of drug-likeness (QED) is 0.802. The van der Waals surface area contributed by atoms with Crippen molar-refractivity contribution in [1.82, 2.24) is 19.9 Å². The molecule has 4 heteroatoms. The van der Waals surface area contributed by atoms with Crippen LogP contribution in [0.1, 0.15) is 76.9 Å². The van der Waals surface area contributed by atoms with Crippen molar-refractivity contribution in [3.63, 3.8) is 0 Å². The Bertz CT molecular complexity index is 441. The molecule has 1 aromatic rings. The van der Waals surface area contributed by atoms with E-state index in [4.69, 9.17) is 0 Å². The minimum atomic E-state index is 0.568. The van der Waals surface area contributed by atoms with Gasteiger partial charge in [0.1, 0.15) is 0 Å². The van der Waals surface area contributed by atoms with E-state index < -0.39 is 0 Å².